The van der Waals surface area contributed by atoms with Crippen molar-refractivity contribution in [2.24, 2.45) is 11.8 Å². The minimum Gasteiger partial charge on any atom is -0.468 e. The first-order valence-electron chi connectivity index (χ1n) is 6.00. The molecule has 1 saturated carbocycles. The third kappa shape index (κ3) is 5.17. The lowest BCUT2D eigenvalue weighted by atomic mass is 9.81. The predicted molar refractivity (Wildman–Crippen MR) is 60.6 cm³/mol. The van der Waals surface area contributed by atoms with Crippen molar-refractivity contribution in [3.63, 3.8) is 0 Å². The van der Waals surface area contributed by atoms with Crippen LogP contribution in [-0.4, -0.2) is 26.2 Å². The summed E-state index contributed by atoms with van der Waals surface area (Å²) in [4.78, 5) is 10.8. The quantitative estimate of drug-likeness (QED) is 0.560. The number of hydrogen-bond donors (Lipinski definition) is 1. The van der Waals surface area contributed by atoms with E-state index >= 15 is 0 Å². The number of carbonyl (C=O) groups is 1. The van der Waals surface area contributed by atoms with Gasteiger partial charge in [0, 0.05) is 0 Å². The summed E-state index contributed by atoms with van der Waals surface area (Å²) in [5.41, 5.74) is 0. The number of ether oxygens (including phenoxy) is 1. The molecule has 0 aliphatic heterocycles. The number of rotatable bonds is 5. The van der Waals surface area contributed by atoms with Gasteiger partial charge < -0.3 is 10.1 Å². The van der Waals surface area contributed by atoms with Crippen molar-refractivity contribution in [2.75, 3.05) is 20.2 Å². The Hall–Kier alpha value is -0.570. The van der Waals surface area contributed by atoms with E-state index in [9.17, 15) is 4.79 Å². The maximum atomic E-state index is 10.8. The topological polar surface area (TPSA) is 38.3 Å². The van der Waals surface area contributed by atoms with Crippen molar-refractivity contribution in [2.45, 2.75) is 39.0 Å². The van der Waals surface area contributed by atoms with Crippen LogP contribution in [0.4, 0.5) is 0 Å². The van der Waals surface area contributed by atoms with Gasteiger partial charge in [-0.05, 0) is 24.8 Å². The van der Waals surface area contributed by atoms with Crippen molar-refractivity contribution in [3.8, 4) is 0 Å². The van der Waals surface area contributed by atoms with Crippen LogP contribution in [0.15, 0.2) is 0 Å². The molecule has 0 heterocycles. The molecular weight excluding hydrogens is 190 g/mol. The van der Waals surface area contributed by atoms with E-state index in [4.69, 9.17) is 0 Å². The molecule has 0 amide bonds. The molecule has 0 spiro atoms. The highest BCUT2D eigenvalue weighted by atomic mass is 16.5. The van der Waals surface area contributed by atoms with Gasteiger partial charge in [0.25, 0.3) is 0 Å². The summed E-state index contributed by atoms with van der Waals surface area (Å²) in [5.74, 6) is 1.61. The lowest BCUT2D eigenvalue weighted by molar-refractivity contribution is -0.139. The zero-order chi connectivity index (χ0) is 11.1. The van der Waals surface area contributed by atoms with E-state index in [0.29, 0.717) is 6.54 Å². The Morgan fingerprint density at radius 3 is 2.60 bits per heavy atom. The molecule has 1 aliphatic carbocycles. The van der Waals surface area contributed by atoms with Gasteiger partial charge in [0.15, 0.2) is 0 Å². The summed E-state index contributed by atoms with van der Waals surface area (Å²) >= 11 is 0. The Bertz CT molecular complexity index is 186. The van der Waals surface area contributed by atoms with E-state index in [2.05, 4.69) is 17.0 Å². The summed E-state index contributed by atoms with van der Waals surface area (Å²) in [6.45, 7) is 3.62. The van der Waals surface area contributed by atoms with E-state index in [1.54, 1.807) is 0 Å². The van der Waals surface area contributed by atoms with Crippen LogP contribution in [0.2, 0.25) is 0 Å². The minimum atomic E-state index is -0.174. The van der Waals surface area contributed by atoms with Crippen molar-refractivity contribution < 1.29 is 9.53 Å². The van der Waals surface area contributed by atoms with Gasteiger partial charge in [0.1, 0.15) is 0 Å². The number of esters is 1. The second-order valence-corrected chi connectivity index (χ2v) is 4.67. The molecule has 0 unspecified atom stereocenters. The molecule has 3 nitrogen and oxygen atoms in total. The summed E-state index contributed by atoms with van der Waals surface area (Å²) in [6.07, 6.45) is 6.68. The third-order valence-corrected chi connectivity index (χ3v) is 3.36. The molecule has 0 bridgehead atoms. The standard InChI is InChI=1S/C12H23NO2/c1-10-3-5-11(6-4-10)7-8-13-9-12(14)15-2/h10-11,13H,3-9H2,1-2H3. The first-order valence-corrected chi connectivity index (χ1v) is 6.00. The van der Waals surface area contributed by atoms with Crippen molar-refractivity contribution in [3.05, 3.63) is 0 Å². The van der Waals surface area contributed by atoms with Gasteiger partial charge >= 0.3 is 5.97 Å². The number of hydrogen-bond acceptors (Lipinski definition) is 3. The highest BCUT2D eigenvalue weighted by Crippen LogP contribution is 2.29. The molecule has 88 valence electrons. The lowest BCUT2D eigenvalue weighted by Gasteiger charge is -2.26. The van der Waals surface area contributed by atoms with Crippen molar-refractivity contribution in [1.82, 2.24) is 5.32 Å². The minimum absolute atomic E-state index is 0.174. The van der Waals surface area contributed by atoms with Crippen LogP contribution in [0.25, 0.3) is 0 Å². The molecule has 0 radical (unpaired) electrons. The first kappa shape index (κ1) is 12.5. The zero-order valence-corrected chi connectivity index (χ0v) is 9.92. The van der Waals surface area contributed by atoms with E-state index in [1.165, 1.54) is 39.2 Å². The molecule has 1 N–H and O–H groups in total. The molecule has 3 heteroatoms. The average Bonchev–Trinajstić information content (AvgIpc) is 2.26. The maximum absolute atomic E-state index is 10.8. The molecule has 0 atom stereocenters. The molecule has 1 rings (SSSR count). The molecule has 0 aromatic heterocycles. The highest BCUT2D eigenvalue weighted by molar-refractivity contribution is 5.71. The Balaban J connectivity index is 1.98. The van der Waals surface area contributed by atoms with E-state index in [1.807, 2.05) is 0 Å². The summed E-state index contributed by atoms with van der Waals surface area (Å²) in [7, 11) is 1.42. The van der Waals surface area contributed by atoms with Gasteiger partial charge in [-0.2, -0.15) is 0 Å². The third-order valence-electron chi connectivity index (χ3n) is 3.36. The largest absolute Gasteiger partial charge is 0.468 e. The van der Waals surface area contributed by atoms with E-state index in [0.717, 1.165) is 18.4 Å². The normalized spacial score (nSPS) is 26.3. The average molecular weight is 213 g/mol. The van der Waals surface area contributed by atoms with E-state index < -0.39 is 0 Å². The molecule has 0 aromatic carbocycles. The fourth-order valence-corrected chi connectivity index (χ4v) is 2.19. The van der Waals surface area contributed by atoms with Crippen LogP contribution in [-0.2, 0) is 9.53 Å². The van der Waals surface area contributed by atoms with Crippen molar-refractivity contribution in [1.29, 1.82) is 0 Å². The molecule has 0 saturated heterocycles. The second kappa shape index (κ2) is 6.83. The fraction of sp³-hybridized carbons (Fsp3) is 0.917. The monoisotopic (exact) mass is 213 g/mol. The summed E-state index contributed by atoms with van der Waals surface area (Å²) in [5, 5.41) is 3.12. The number of carbonyl (C=O) groups excluding carboxylic acids is 1. The van der Waals surface area contributed by atoms with Crippen LogP contribution >= 0.6 is 0 Å². The van der Waals surface area contributed by atoms with Gasteiger partial charge in [-0.25, -0.2) is 0 Å². The number of nitrogens with one attached hydrogen (secondary N) is 1. The van der Waals surface area contributed by atoms with Crippen LogP contribution < -0.4 is 5.32 Å². The lowest BCUT2D eigenvalue weighted by Crippen LogP contribution is -2.26. The number of methoxy groups -OCH3 is 1. The smallest absolute Gasteiger partial charge is 0.319 e. The van der Waals surface area contributed by atoms with Gasteiger partial charge in [0.2, 0.25) is 0 Å². The van der Waals surface area contributed by atoms with Gasteiger partial charge in [-0.3, -0.25) is 4.79 Å². The highest BCUT2D eigenvalue weighted by Gasteiger charge is 2.17. The van der Waals surface area contributed by atoms with Crippen LogP contribution in [0, 0.1) is 11.8 Å². The summed E-state index contributed by atoms with van der Waals surface area (Å²) < 4.78 is 4.55. The Kier molecular flexibility index (Phi) is 5.69. The van der Waals surface area contributed by atoms with Crippen molar-refractivity contribution >= 4 is 5.97 Å². The van der Waals surface area contributed by atoms with Crippen LogP contribution in [0.5, 0.6) is 0 Å². The van der Waals surface area contributed by atoms with E-state index in [-0.39, 0.29) is 5.97 Å². The Labute approximate surface area is 92.6 Å². The van der Waals surface area contributed by atoms with Gasteiger partial charge in [-0.1, -0.05) is 32.6 Å². The SMILES string of the molecule is COC(=O)CNCCC1CCC(C)CC1. The second-order valence-electron chi connectivity index (χ2n) is 4.67. The van der Waals surface area contributed by atoms with Gasteiger partial charge in [-0.15, -0.1) is 0 Å². The maximum Gasteiger partial charge on any atom is 0.319 e. The molecule has 1 fully saturated rings. The van der Waals surface area contributed by atoms with Crippen LogP contribution in [0.1, 0.15) is 39.0 Å². The summed E-state index contributed by atoms with van der Waals surface area (Å²) in [6, 6.07) is 0. The zero-order valence-electron chi connectivity index (χ0n) is 9.92. The molecule has 1 aliphatic rings. The molecule has 15 heavy (non-hydrogen) atoms. The van der Waals surface area contributed by atoms with Gasteiger partial charge in [0.05, 0.1) is 13.7 Å². The Morgan fingerprint density at radius 1 is 1.33 bits per heavy atom. The van der Waals surface area contributed by atoms with Crippen LogP contribution in [0.3, 0.4) is 0 Å². The molecule has 0 aromatic rings. The molecular formula is C12H23NO2. The first-order chi connectivity index (χ1) is 7.22. The Morgan fingerprint density at radius 2 is 2.00 bits per heavy atom. The fourth-order valence-electron chi connectivity index (χ4n) is 2.19. The predicted octanol–water partition coefficient (Wildman–Crippen LogP) is 1.97.